The number of hydrogen-bond donors (Lipinski definition) is 2. The highest BCUT2D eigenvalue weighted by Gasteiger charge is 2.26. The average molecular weight is 343 g/mol. The molecule has 0 spiro atoms. The number of phenolic OH excluding ortho intramolecular Hbond substituents is 1. The van der Waals surface area contributed by atoms with Crippen LogP contribution in [0.5, 0.6) is 11.5 Å². The van der Waals surface area contributed by atoms with E-state index in [2.05, 4.69) is 10.1 Å². The van der Waals surface area contributed by atoms with Crippen molar-refractivity contribution in [2.75, 3.05) is 14.2 Å². The molecule has 0 aliphatic carbocycles. The highest BCUT2D eigenvalue weighted by atomic mass is 19.1. The number of hydrogen-bond acceptors (Lipinski definition) is 6. The SMILES string of the molecule is COC(=O)C(Cc1cc(OC)c(O)cc1F)NC(=O)OC(C)(C)C. The Balaban J connectivity index is 2.99. The fourth-order valence-corrected chi connectivity index (χ4v) is 1.91. The molecule has 0 fully saturated rings. The zero-order valence-electron chi connectivity index (χ0n) is 14.3. The van der Waals surface area contributed by atoms with Crippen LogP contribution in [0.1, 0.15) is 26.3 Å². The van der Waals surface area contributed by atoms with Crippen molar-refractivity contribution >= 4 is 12.1 Å². The Hall–Kier alpha value is -2.51. The lowest BCUT2D eigenvalue weighted by Gasteiger charge is -2.22. The van der Waals surface area contributed by atoms with Crippen molar-refractivity contribution in [3.8, 4) is 11.5 Å². The summed E-state index contributed by atoms with van der Waals surface area (Å²) in [7, 11) is 2.47. The second-order valence-corrected chi connectivity index (χ2v) is 6.04. The summed E-state index contributed by atoms with van der Waals surface area (Å²) >= 11 is 0. The predicted molar refractivity (Wildman–Crippen MR) is 83.5 cm³/mol. The van der Waals surface area contributed by atoms with Crippen LogP contribution in [0.4, 0.5) is 9.18 Å². The number of nitrogens with one attached hydrogen (secondary N) is 1. The normalized spacial score (nSPS) is 12.2. The maximum atomic E-state index is 14.0. The minimum atomic E-state index is -1.16. The van der Waals surface area contributed by atoms with E-state index in [9.17, 15) is 19.1 Å². The first-order valence-corrected chi connectivity index (χ1v) is 7.20. The van der Waals surface area contributed by atoms with Gasteiger partial charge in [-0.25, -0.2) is 14.0 Å². The van der Waals surface area contributed by atoms with Gasteiger partial charge in [-0.2, -0.15) is 0 Å². The average Bonchev–Trinajstić information content (AvgIpc) is 2.46. The molecule has 0 saturated carbocycles. The third-order valence-corrected chi connectivity index (χ3v) is 2.95. The number of halogens is 1. The van der Waals surface area contributed by atoms with Gasteiger partial charge in [-0.3, -0.25) is 0 Å². The summed E-state index contributed by atoms with van der Waals surface area (Å²) < 4.78 is 28.6. The summed E-state index contributed by atoms with van der Waals surface area (Å²) in [4.78, 5) is 23.7. The molecule has 1 rings (SSSR count). The predicted octanol–water partition coefficient (Wildman–Crippen LogP) is 2.15. The van der Waals surface area contributed by atoms with Crippen LogP contribution < -0.4 is 10.1 Å². The van der Waals surface area contributed by atoms with Crippen molar-refractivity contribution in [3.05, 3.63) is 23.5 Å². The van der Waals surface area contributed by atoms with Gasteiger partial charge in [0.05, 0.1) is 14.2 Å². The largest absolute Gasteiger partial charge is 0.504 e. The van der Waals surface area contributed by atoms with Crippen LogP contribution in [-0.2, 0) is 20.7 Å². The molecule has 0 aromatic heterocycles. The molecule has 1 unspecified atom stereocenters. The van der Waals surface area contributed by atoms with Crippen LogP contribution in [0.15, 0.2) is 12.1 Å². The van der Waals surface area contributed by atoms with Crippen molar-refractivity contribution in [3.63, 3.8) is 0 Å². The first-order valence-electron chi connectivity index (χ1n) is 7.20. The fourth-order valence-electron chi connectivity index (χ4n) is 1.91. The third-order valence-electron chi connectivity index (χ3n) is 2.95. The lowest BCUT2D eigenvalue weighted by molar-refractivity contribution is -0.143. The quantitative estimate of drug-likeness (QED) is 0.796. The van der Waals surface area contributed by atoms with Gasteiger partial charge in [-0.1, -0.05) is 0 Å². The van der Waals surface area contributed by atoms with Crippen molar-refractivity contribution in [2.45, 2.75) is 38.8 Å². The summed E-state index contributed by atoms with van der Waals surface area (Å²) in [5, 5.41) is 11.9. The number of ether oxygens (including phenoxy) is 3. The van der Waals surface area contributed by atoms with Crippen LogP contribution in [0, 0.1) is 5.82 Å². The molecule has 0 aliphatic rings. The standard InChI is InChI=1S/C16H22FNO6/c1-16(2,3)24-15(21)18-11(14(20)23-5)6-9-7-13(22-4)12(19)8-10(9)17/h7-8,11,19H,6H2,1-5H3,(H,18,21). The summed E-state index contributed by atoms with van der Waals surface area (Å²) in [6.45, 7) is 5.01. The zero-order valence-corrected chi connectivity index (χ0v) is 14.3. The highest BCUT2D eigenvalue weighted by Crippen LogP contribution is 2.29. The number of esters is 1. The van der Waals surface area contributed by atoms with Gasteiger partial charge in [0.15, 0.2) is 11.5 Å². The van der Waals surface area contributed by atoms with Gasteiger partial charge in [0, 0.05) is 12.5 Å². The number of amides is 1. The molecule has 2 N–H and O–H groups in total. The number of benzene rings is 1. The van der Waals surface area contributed by atoms with Gasteiger partial charge < -0.3 is 24.6 Å². The Morgan fingerprint density at radius 1 is 1.29 bits per heavy atom. The van der Waals surface area contributed by atoms with Crippen LogP contribution >= 0.6 is 0 Å². The highest BCUT2D eigenvalue weighted by molar-refractivity contribution is 5.81. The lowest BCUT2D eigenvalue weighted by Crippen LogP contribution is -2.45. The van der Waals surface area contributed by atoms with E-state index in [0.717, 1.165) is 13.2 Å². The summed E-state index contributed by atoms with van der Waals surface area (Å²) in [6, 6.07) is 0.960. The lowest BCUT2D eigenvalue weighted by atomic mass is 10.0. The second kappa shape index (κ2) is 7.85. The molecule has 1 aromatic carbocycles. The van der Waals surface area contributed by atoms with Crippen molar-refractivity contribution < 1.29 is 33.3 Å². The van der Waals surface area contributed by atoms with Gasteiger partial charge >= 0.3 is 12.1 Å². The molecular weight excluding hydrogens is 321 g/mol. The smallest absolute Gasteiger partial charge is 0.408 e. The summed E-state index contributed by atoms with van der Waals surface area (Å²) in [6.07, 6.45) is -1.03. The van der Waals surface area contributed by atoms with Crippen molar-refractivity contribution in [2.24, 2.45) is 0 Å². The van der Waals surface area contributed by atoms with Crippen LogP contribution in [0.25, 0.3) is 0 Å². The fraction of sp³-hybridized carbons (Fsp3) is 0.500. The molecule has 1 amide bonds. The Morgan fingerprint density at radius 2 is 1.92 bits per heavy atom. The Kier molecular flexibility index (Phi) is 6.39. The number of carbonyl (C=O) groups excluding carboxylic acids is 2. The molecule has 0 radical (unpaired) electrons. The molecular formula is C16H22FNO6. The minimum absolute atomic E-state index is 0.0484. The van der Waals surface area contributed by atoms with Gasteiger partial charge in [-0.15, -0.1) is 0 Å². The van der Waals surface area contributed by atoms with E-state index in [1.165, 1.54) is 13.2 Å². The summed E-state index contributed by atoms with van der Waals surface area (Å²) in [5.74, 6) is -1.82. The molecule has 0 saturated heterocycles. The maximum absolute atomic E-state index is 14.0. The van der Waals surface area contributed by atoms with Gasteiger partial charge in [-0.05, 0) is 32.4 Å². The van der Waals surface area contributed by atoms with E-state index in [1.807, 2.05) is 0 Å². The molecule has 134 valence electrons. The molecule has 0 aliphatic heterocycles. The van der Waals surface area contributed by atoms with E-state index in [1.54, 1.807) is 20.8 Å². The van der Waals surface area contributed by atoms with Gasteiger partial charge in [0.1, 0.15) is 17.5 Å². The second-order valence-electron chi connectivity index (χ2n) is 6.04. The Bertz CT molecular complexity index is 611. The maximum Gasteiger partial charge on any atom is 0.408 e. The number of alkyl carbamates (subject to hydrolysis) is 1. The number of carbonyl (C=O) groups is 2. The van der Waals surface area contributed by atoms with E-state index < -0.39 is 29.5 Å². The Morgan fingerprint density at radius 3 is 2.42 bits per heavy atom. The van der Waals surface area contributed by atoms with E-state index in [4.69, 9.17) is 9.47 Å². The van der Waals surface area contributed by atoms with Crippen molar-refractivity contribution in [1.29, 1.82) is 0 Å². The molecule has 0 heterocycles. The van der Waals surface area contributed by atoms with Crippen LogP contribution in [0.2, 0.25) is 0 Å². The topological polar surface area (TPSA) is 94.1 Å². The van der Waals surface area contributed by atoms with Crippen LogP contribution in [0.3, 0.4) is 0 Å². The Labute approximate surface area is 139 Å². The molecule has 1 atom stereocenters. The number of rotatable bonds is 5. The summed E-state index contributed by atoms with van der Waals surface area (Å²) in [5.41, 5.74) is -0.686. The van der Waals surface area contributed by atoms with Crippen LogP contribution in [-0.4, -0.2) is 43.0 Å². The monoisotopic (exact) mass is 343 g/mol. The molecule has 8 heteroatoms. The number of aromatic hydroxyl groups is 1. The van der Waals surface area contributed by atoms with Gasteiger partial charge in [0.2, 0.25) is 0 Å². The zero-order chi connectivity index (χ0) is 18.5. The molecule has 0 bridgehead atoms. The molecule has 24 heavy (non-hydrogen) atoms. The molecule has 1 aromatic rings. The van der Waals surface area contributed by atoms with E-state index in [-0.39, 0.29) is 23.5 Å². The third kappa shape index (κ3) is 5.60. The van der Waals surface area contributed by atoms with E-state index in [0.29, 0.717) is 0 Å². The first-order chi connectivity index (χ1) is 11.1. The van der Waals surface area contributed by atoms with E-state index >= 15 is 0 Å². The van der Waals surface area contributed by atoms with Gasteiger partial charge in [0.25, 0.3) is 0 Å². The van der Waals surface area contributed by atoms with Crippen molar-refractivity contribution in [1.82, 2.24) is 5.32 Å². The first kappa shape index (κ1) is 19.5. The number of phenols is 1. The number of methoxy groups -OCH3 is 2. The minimum Gasteiger partial charge on any atom is -0.504 e. The molecule has 7 nitrogen and oxygen atoms in total.